The van der Waals surface area contributed by atoms with Crippen molar-refractivity contribution in [1.29, 1.82) is 0 Å². The molecule has 0 radical (unpaired) electrons. The van der Waals surface area contributed by atoms with E-state index in [1.807, 2.05) is 0 Å². The zero-order valence-corrected chi connectivity index (χ0v) is 14.6. The molecule has 0 saturated carbocycles. The Kier molecular flexibility index (Phi) is 5.15. The van der Waals surface area contributed by atoms with Crippen molar-refractivity contribution in [3.05, 3.63) is 23.2 Å². The minimum atomic E-state index is 0.124. The fraction of sp³-hybridized carbons (Fsp3) is 0.778. The van der Waals surface area contributed by atoms with E-state index in [4.69, 9.17) is 4.42 Å². The number of rotatable bonds is 5. The van der Waals surface area contributed by atoms with Crippen molar-refractivity contribution in [2.75, 3.05) is 13.1 Å². The van der Waals surface area contributed by atoms with Crippen LogP contribution >= 0.6 is 0 Å². The van der Waals surface area contributed by atoms with Gasteiger partial charge in [-0.2, -0.15) is 0 Å². The minimum Gasteiger partial charge on any atom is -0.463 e. The fourth-order valence-corrected chi connectivity index (χ4v) is 2.96. The van der Waals surface area contributed by atoms with Gasteiger partial charge in [0, 0.05) is 12.1 Å². The molecule has 120 valence electrons. The SMILES string of the molecule is Cc1cc(CN2CCC(C(C)C)C2)oc1CNC(C)(C)C. The average Bonchev–Trinajstić information content (AvgIpc) is 2.93. The first-order chi connectivity index (χ1) is 9.74. The largest absolute Gasteiger partial charge is 0.463 e. The maximum Gasteiger partial charge on any atom is 0.120 e. The molecule has 1 aliphatic rings. The van der Waals surface area contributed by atoms with Gasteiger partial charge in [-0.3, -0.25) is 4.90 Å². The number of likely N-dealkylation sites (tertiary alicyclic amines) is 1. The van der Waals surface area contributed by atoms with Crippen LogP contribution in [-0.4, -0.2) is 23.5 Å². The van der Waals surface area contributed by atoms with Gasteiger partial charge in [0.1, 0.15) is 11.5 Å². The standard InChI is InChI=1S/C18H32N2O/c1-13(2)15-7-8-20(11-15)12-16-9-14(3)17(21-16)10-19-18(4,5)6/h9,13,15,19H,7-8,10-12H2,1-6H3. The second-order valence-corrected chi connectivity index (χ2v) is 7.95. The third kappa shape index (κ3) is 4.86. The molecule has 0 bridgehead atoms. The highest BCUT2D eigenvalue weighted by atomic mass is 16.3. The molecule has 1 unspecified atom stereocenters. The van der Waals surface area contributed by atoms with Gasteiger partial charge in [0.2, 0.25) is 0 Å². The van der Waals surface area contributed by atoms with Gasteiger partial charge in [0.15, 0.2) is 0 Å². The van der Waals surface area contributed by atoms with Gasteiger partial charge < -0.3 is 9.73 Å². The summed E-state index contributed by atoms with van der Waals surface area (Å²) in [4.78, 5) is 2.53. The van der Waals surface area contributed by atoms with Crippen molar-refractivity contribution >= 4 is 0 Å². The summed E-state index contributed by atoms with van der Waals surface area (Å²) in [5.74, 6) is 3.84. The number of nitrogens with zero attached hydrogens (tertiary/aromatic N) is 1. The summed E-state index contributed by atoms with van der Waals surface area (Å²) in [6.45, 7) is 17.6. The summed E-state index contributed by atoms with van der Waals surface area (Å²) in [7, 11) is 0. The number of hydrogen-bond acceptors (Lipinski definition) is 3. The molecule has 1 aromatic heterocycles. The molecule has 0 aliphatic carbocycles. The molecule has 2 heterocycles. The zero-order valence-electron chi connectivity index (χ0n) is 14.6. The van der Waals surface area contributed by atoms with E-state index in [1.165, 1.54) is 25.1 Å². The van der Waals surface area contributed by atoms with Crippen molar-refractivity contribution in [3.63, 3.8) is 0 Å². The molecule has 1 atom stereocenters. The first kappa shape index (κ1) is 16.6. The van der Waals surface area contributed by atoms with Crippen molar-refractivity contribution < 1.29 is 4.42 Å². The molecule has 1 aromatic rings. The first-order valence-electron chi connectivity index (χ1n) is 8.30. The summed E-state index contributed by atoms with van der Waals surface area (Å²) in [6.07, 6.45) is 1.33. The second-order valence-electron chi connectivity index (χ2n) is 7.95. The van der Waals surface area contributed by atoms with E-state index in [0.717, 1.165) is 36.4 Å². The fourth-order valence-electron chi connectivity index (χ4n) is 2.96. The molecule has 1 N–H and O–H groups in total. The molecule has 0 aromatic carbocycles. The minimum absolute atomic E-state index is 0.124. The summed E-state index contributed by atoms with van der Waals surface area (Å²) < 4.78 is 6.06. The summed E-state index contributed by atoms with van der Waals surface area (Å²) in [5.41, 5.74) is 1.39. The summed E-state index contributed by atoms with van der Waals surface area (Å²) >= 11 is 0. The van der Waals surface area contributed by atoms with Crippen LogP contribution in [0.1, 0.15) is 58.1 Å². The van der Waals surface area contributed by atoms with Crippen LogP contribution in [0, 0.1) is 18.8 Å². The first-order valence-corrected chi connectivity index (χ1v) is 8.30. The lowest BCUT2D eigenvalue weighted by Gasteiger charge is -2.19. The van der Waals surface area contributed by atoms with E-state index in [2.05, 4.69) is 57.8 Å². The van der Waals surface area contributed by atoms with Crippen LogP contribution in [0.2, 0.25) is 0 Å². The Labute approximate surface area is 130 Å². The van der Waals surface area contributed by atoms with Gasteiger partial charge in [-0.05, 0) is 64.1 Å². The van der Waals surface area contributed by atoms with Crippen LogP contribution in [0.5, 0.6) is 0 Å². The third-order valence-electron chi connectivity index (χ3n) is 4.48. The van der Waals surface area contributed by atoms with Gasteiger partial charge in [0.25, 0.3) is 0 Å². The highest BCUT2D eigenvalue weighted by Gasteiger charge is 2.25. The quantitative estimate of drug-likeness (QED) is 0.890. The molecular weight excluding hydrogens is 260 g/mol. The Morgan fingerprint density at radius 3 is 2.67 bits per heavy atom. The number of aryl methyl sites for hydroxylation is 1. The van der Waals surface area contributed by atoms with Gasteiger partial charge >= 0.3 is 0 Å². The van der Waals surface area contributed by atoms with E-state index >= 15 is 0 Å². The Bertz CT molecular complexity index is 456. The normalized spacial score (nSPS) is 20.6. The smallest absolute Gasteiger partial charge is 0.120 e. The van der Waals surface area contributed by atoms with Crippen LogP contribution in [0.15, 0.2) is 10.5 Å². The molecule has 1 fully saturated rings. The Balaban J connectivity index is 1.90. The Morgan fingerprint density at radius 1 is 1.38 bits per heavy atom. The molecule has 21 heavy (non-hydrogen) atoms. The van der Waals surface area contributed by atoms with Crippen LogP contribution in [0.25, 0.3) is 0 Å². The predicted molar refractivity (Wildman–Crippen MR) is 88.3 cm³/mol. The maximum absolute atomic E-state index is 6.06. The average molecular weight is 292 g/mol. The van der Waals surface area contributed by atoms with Gasteiger partial charge in [-0.15, -0.1) is 0 Å². The molecule has 3 heteroatoms. The Morgan fingerprint density at radius 2 is 2.10 bits per heavy atom. The molecular formula is C18H32N2O. The maximum atomic E-state index is 6.06. The summed E-state index contributed by atoms with van der Waals surface area (Å²) in [5, 5.41) is 3.50. The molecule has 1 aliphatic heterocycles. The molecule has 3 nitrogen and oxygen atoms in total. The van der Waals surface area contributed by atoms with Gasteiger partial charge in [-0.1, -0.05) is 13.8 Å². The van der Waals surface area contributed by atoms with E-state index in [-0.39, 0.29) is 5.54 Å². The lowest BCUT2D eigenvalue weighted by Crippen LogP contribution is -2.35. The lowest BCUT2D eigenvalue weighted by atomic mass is 9.95. The van der Waals surface area contributed by atoms with Gasteiger partial charge in [0.05, 0.1) is 13.1 Å². The number of nitrogens with one attached hydrogen (secondary N) is 1. The highest BCUT2D eigenvalue weighted by Crippen LogP contribution is 2.26. The van der Waals surface area contributed by atoms with E-state index in [1.54, 1.807) is 0 Å². The summed E-state index contributed by atoms with van der Waals surface area (Å²) in [6, 6.07) is 2.21. The van der Waals surface area contributed by atoms with Crippen molar-refractivity contribution in [2.45, 2.75) is 66.6 Å². The van der Waals surface area contributed by atoms with Crippen molar-refractivity contribution in [3.8, 4) is 0 Å². The molecule has 1 saturated heterocycles. The van der Waals surface area contributed by atoms with Crippen LogP contribution in [0.4, 0.5) is 0 Å². The topological polar surface area (TPSA) is 28.4 Å². The number of furan rings is 1. The van der Waals surface area contributed by atoms with E-state index < -0.39 is 0 Å². The predicted octanol–water partition coefficient (Wildman–Crippen LogP) is 3.95. The monoisotopic (exact) mass is 292 g/mol. The van der Waals surface area contributed by atoms with Crippen LogP contribution in [-0.2, 0) is 13.1 Å². The highest BCUT2D eigenvalue weighted by molar-refractivity contribution is 5.20. The van der Waals surface area contributed by atoms with Crippen LogP contribution in [0.3, 0.4) is 0 Å². The lowest BCUT2D eigenvalue weighted by molar-refractivity contribution is 0.267. The van der Waals surface area contributed by atoms with Gasteiger partial charge in [-0.25, -0.2) is 0 Å². The van der Waals surface area contributed by atoms with E-state index in [9.17, 15) is 0 Å². The van der Waals surface area contributed by atoms with Crippen molar-refractivity contribution in [2.24, 2.45) is 11.8 Å². The van der Waals surface area contributed by atoms with Crippen LogP contribution < -0.4 is 5.32 Å². The van der Waals surface area contributed by atoms with Crippen molar-refractivity contribution in [1.82, 2.24) is 10.2 Å². The third-order valence-corrected chi connectivity index (χ3v) is 4.48. The molecule has 0 spiro atoms. The molecule has 0 amide bonds. The van der Waals surface area contributed by atoms with E-state index in [0.29, 0.717) is 0 Å². The Hall–Kier alpha value is -0.800. The molecule has 2 rings (SSSR count). The second kappa shape index (κ2) is 6.53. The zero-order chi connectivity index (χ0) is 15.6. The number of hydrogen-bond donors (Lipinski definition) is 1.